The fraction of sp³-hybridized carbons (Fsp3) is 0.294. The van der Waals surface area contributed by atoms with Crippen molar-refractivity contribution in [3.8, 4) is 17.2 Å². The van der Waals surface area contributed by atoms with Gasteiger partial charge in [-0.3, -0.25) is 0 Å². The zero-order valence-electron chi connectivity index (χ0n) is 12.6. The highest BCUT2D eigenvalue weighted by Crippen LogP contribution is 2.44. The largest absolute Gasteiger partial charge is 0.496 e. The van der Waals surface area contributed by atoms with E-state index in [1.54, 1.807) is 21.3 Å². The van der Waals surface area contributed by atoms with Crippen LogP contribution in [0.5, 0.6) is 17.2 Å². The lowest BCUT2D eigenvalue weighted by Crippen LogP contribution is -2.03. The highest BCUT2D eigenvalue weighted by molar-refractivity contribution is 6.23. The minimum absolute atomic E-state index is 0.359. The van der Waals surface area contributed by atoms with Crippen LogP contribution in [0.3, 0.4) is 0 Å². The normalized spacial score (nSPS) is 11.9. The molecule has 0 spiro atoms. The second-order valence-electron chi connectivity index (χ2n) is 4.66. The van der Waals surface area contributed by atoms with Crippen molar-refractivity contribution in [3.05, 3.63) is 53.1 Å². The number of alkyl halides is 1. The van der Waals surface area contributed by atoms with E-state index in [1.165, 1.54) is 0 Å². The van der Waals surface area contributed by atoms with Crippen LogP contribution in [-0.2, 0) is 0 Å². The van der Waals surface area contributed by atoms with Gasteiger partial charge in [-0.25, -0.2) is 0 Å². The van der Waals surface area contributed by atoms with Gasteiger partial charge in [0.1, 0.15) is 17.2 Å². The topological polar surface area (TPSA) is 27.7 Å². The van der Waals surface area contributed by atoms with Gasteiger partial charge in [-0.05, 0) is 18.1 Å². The first-order valence-electron chi connectivity index (χ1n) is 6.61. The second kappa shape index (κ2) is 6.72. The fourth-order valence-electron chi connectivity index (χ4n) is 2.31. The van der Waals surface area contributed by atoms with Gasteiger partial charge in [0.15, 0.2) is 0 Å². The molecule has 4 heteroatoms. The maximum Gasteiger partial charge on any atom is 0.131 e. The van der Waals surface area contributed by atoms with Crippen LogP contribution in [0.25, 0.3) is 0 Å². The Balaban J connectivity index is 2.59. The number of hydrogen-bond acceptors (Lipinski definition) is 3. The number of hydrogen-bond donors (Lipinski definition) is 0. The van der Waals surface area contributed by atoms with Crippen molar-refractivity contribution in [2.45, 2.75) is 12.3 Å². The quantitative estimate of drug-likeness (QED) is 0.769. The monoisotopic (exact) mass is 306 g/mol. The van der Waals surface area contributed by atoms with Gasteiger partial charge >= 0.3 is 0 Å². The number of rotatable bonds is 5. The lowest BCUT2D eigenvalue weighted by molar-refractivity contribution is 0.369. The van der Waals surface area contributed by atoms with Gasteiger partial charge in [-0.2, -0.15) is 0 Å². The summed E-state index contributed by atoms with van der Waals surface area (Å²) in [7, 11) is 4.83. The summed E-state index contributed by atoms with van der Waals surface area (Å²) in [6.45, 7) is 2.03. The Morgan fingerprint density at radius 2 is 1.48 bits per heavy atom. The molecule has 0 aromatic heterocycles. The summed E-state index contributed by atoms with van der Waals surface area (Å²) in [5.74, 6) is 1.96. The Labute approximate surface area is 130 Å². The van der Waals surface area contributed by atoms with Crippen molar-refractivity contribution in [2.75, 3.05) is 21.3 Å². The summed E-state index contributed by atoms with van der Waals surface area (Å²) in [5.41, 5.74) is 2.95. The molecule has 112 valence electrons. The van der Waals surface area contributed by atoms with Crippen LogP contribution in [0.4, 0.5) is 0 Å². The fourth-order valence-corrected chi connectivity index (χ4v) is 2.77. The van der Waals surface area contributed by atoms with E-state index in [9.17, 15) is 0 Å². The van der Waals surface area contributed by atoms with Crippen molar-refractivity contribution in [2.24, 2.45) is 0 Å². The van der Waals surface area contributed by atoms with E-state index < -0.39 is 0 Å². The number of methoxy groups -OCH3 is 3. The minimum atomic E-state index is -0.359. The highest BCUT2D eigenvalue weighted by Gasteiger charge is 2.23. The SMILES string of the molecule is COc1cc(OC)c(C(Cl)c2ccccc2C)c(OC)c1. The molecule has 1 atom stereocenters. The summed E-state index contributed by atoms with van der Waals surface area (Å²) in [6.07, 6.45) is 0. The van der Waals surface area contributed by atoms with Crippen molar-refractivity contribution < 1.29 is 14.2 Å². The molecule has 0 amide bonds. The molecule has 2 rings (SSSR count). The van der Waals surface area contributed by atoms with Crippen LogP contribution < -0.4 is 14.2 Å². The van der Waals surface area contributed by atoms with Crippen LogP contribution in [0.15, 0.2) is 36.4 Å². The molecule has 2 aromatic rings. The van der Waals surface area contributed by atoms with Gasteiger partial charge in [0.2, 0.25) is 0 Å². The number of benzene rings is 2. The molecular formula is C17H19ClO3. The summed E-state index contributed by atoms with van der Waals surface area (Å²) in [5, 5.41) is -0.359. The predicted molar refractivity (Wildman–Crippen MR) is 85.0 cm³/mol. The highest BCUT2D eigenvalue weighted by atomic mass is 35.5. The third-order valence-electron chi connectivity index (χ3n) is 3.47. The maximum absolute atomic E-state index is 6.70. The van der Waals surface area contributed by atoms with Crippen molar-refractivity contribution in [1.29, 1.82) is 0 Å². The molecule has 0 saturated heterocycles. The van der Waals surface area contributed by atoms with E-state index in [0.29, 0.717) is 17.2 Å². The summed E-state index contributed by atoms with van der Waals surface area (Å²) >= 11 is 6.70. The van der Waals surface area contributed by atoms with E-state index in [1.807, 2.05) is 43.3 Å². The van der Waals surface area contributed by atoms with Gasteiger partial charge < -0.3 is 14.2 Å². The molecule has 3 nitrogen and oxygen atoms in total. The minimum Gasteiger partial charge on any atom is -0.496 e. The molecule has 0 N–H and O–H groups in total. The van der Waals surface area contributed by atoms with E-state index in [-0.39, 0.29) is 5.38 Å². The van der Waals surface area contributed by atoms with E-state index in [2.05, 4.69) is 0 Å². The van der Waals surface area contributed by atoms with E-state index in [4.69, 9.17) is 25.8 Å². The van der Waals surface area contributed by atoms with Gasteiger partial charge in [0.05, 0.1) is 32.3 Å². The van der Waals surface area contributed by atoms with Crippen LogP contribution >= 0.6 is 11.6 Å². The van der Waals surface area contributed by atoms with Crippen LogP contribution in [-0.4, -0.2) is 21.3 Å². The Morgan fingerprint density at radius 3 is 1.95 bits per heavy atom. The molecular weight excluding hydrogens is 288 g/mol. The lowest BCUT2D eigenvalue weighted by Gasteiger charge is -2.20. The molecule has 0 heterocycles. The van der Waals surface area contributed by atoms with Gasteiger partial charge in [-0.15, -0.1) is 11.6 Å². The molecule has 0 saturated carbocycles. The first-order valence-corrected chi connectivity index (χ1v) is 7.05. The Morgan fingerprint density at radius 1 is 0.905 bits per heavy atom. The van der Waals surface area contributed by atoms with Crippen LogP contribution in [0, 0.1) is 6.92 Å². The van der Waals surface area contributed by atoms with E-state index in [0.717, 1.165) is 16.7 Å². The number of halogens is 1. The summed E-state index contributed by atoms with van der Waals surface area (Å²) < 4.78 is 16.2. The third-order valence-corrected chi connectivity index (χ3v) is 3.92. The molecule has 0 aliphatic carbocycles. The van der Waals surface area contributed by atoms with Crippen molar-refractivity contribution in [1.82, 2.24) is 0 Å². The summed E-state index contributed by atoms with van der Waals surface area (Å²) in [4.78, 5) is 0. The van der Waals surface area contributed by atoms with Crippen LogP contribution in [0.2, 0.25) is 0 Å². The average Bonchev–Trinajstić information content (AvgIpc) is 2.53. The summed E-state index contributed by atoms with van der Waals surface area (Å²) in [6, 6.07) is 11.6. The van der Waals surface area contributed by atoms with Gasteiger partial charge in [-0.1, -0.05) is 24.3 Å². The first kappa shape index (κ1) is 15.5. The molecule has 0 radical (unpaired) electrons. The van der Waals surface area contributed by atoms with Gasteiger partial charge in [0, 0.05) is 12.1 Å². The van der Waals surface area contributed by atoms with Crippen molar-refractivity contribution >= 4 is 11.6 Å². The number of ether oxygens (including phenoxy) is 3. The second-order valence-corrected chi connectivity index (χ2v) is 5.10. The molecule has 2 aromatic carbocycles. The maximum atomic E-state index is 6.70. The third kappa shape index (κ3) is 3.08. The Bertz CT molecular complexity index is 600. The molecule has 1 unspecified atom stereocenters. The Kier molecular flexibility index (Phi) is 4.97. The molecule has 0 aliphatic rings. The first-order chi connectivity index (χ1) is 10.1. The molecule has 0 aliphatic heterocycles. The molecule has 21 heavy (non-hydrogen) atoms. The predicted octanol–water partition coefficient (Wildman–Crippen LogP) is 4.35. The van der Waals surface area contributed by atoms with Gasteiger partial charge in [0.25, 0.3) is 0 Å². The average molecular weight is 307 g/mol. The smallest absolute Gasteiger partial charge is 0.131 e. The number of aryl methyl sites for hydroxylation is 1. The lowest BCUT2D eigenvalue weighted by atomic mass is 9.98. The van der Waals surface area contributed by atoms with Crippen molar-refractivity contribution in [3.63, 3.8) is 0 Å². The molecule has 0 fully saturated rings. The Hall–Kier alpha value is -1.87. The molecule has 0 bridgehead atoms. The zero-order chi connectivity index (χ0) is 15.4. The standard InChI is InChI=1S/C17H19ClO3/c1-11-7-5-6-8-13(11)17(18)16-14(20-3)9-12(19-2)10-15(16)21-4/h5-10,17H,1-4H3. The zero-order valence-corrected chi connectivity index (χ0v) is 13.4. The van der Waals surface area contributed by atoms with E-state index >= 15 is 0 Å². The van der Waals surface area contributed by atoms with Crippen LogP contribution in [0.1, 0.15) is 22.1 Å².